The van der Waals surface area contributed by atoms with Crippen LogP contribution < -0.4 is 0 Å². The smallest absolute Gasteiger partial charge is 0.222 e. The molecule has 168 valence electrons. The number of rotatable bonds is 5. The molecule has 8 heteroatoms. The second-order valence-corrected chi connectivity index (χ2v) is 9.50. The third-order valence-electron chi connectivity index (χ3n) is 6.98. The van der Waals surface area contributed by atoms with Crippen LogP contribution in [0.25, 0.3) is 22.6 Å². The van der Waals surface area contributed by atoms with E-state index in [0.717, 1.165) is 50.6 Å². The van der Waals surface area contributed by atoms with Crippen molar-refractivity contribution in [2.24, 2.45) is 17.8 Å². The lowest BCUT2D eigenvalue weighted by molar-refractivity contribution is -0.131. The van der Waals surface area contributed by atoms with E-state index in [1.165, 1.54) is 6.20 Å². The van der Waals surface area contributed by atoms with E-state index in [4.69, 9.17) is 0 Å². The molecule has 1 aliphatic heterocycles. The normalized spacial score (nSPS) is 23.7. The summed E-state index contributed by atoms with van der Waals surface area (Å²) in [5.41, 5.74) is 1.68. The van der Waals surface area contributed by atoms with Gasteiger partial charge in [-0.1, -0.05) is 19.8 Å². The fourth-order valence-corrected chi connectivity index (χ4v) is 5.27. The second kappa shape index (κ2) is 8.92. The van der Waals surface area contributed by atoms with Gasteiger partial charge in [-0.2, -0.15) is 5.10 Å². The fourth-order valence-electron chi connectivity index (χ4n) is 5.27. The highest BCUT2D eigenvalue weighted by atomic mass is 19.1. The van der Waals surface area contributed by atoms with Gasteiger partial charge in [0.25, 0.3) is 0 Å². The van der Waals surface area contributed by atoms with Crippen LogP contribution in [0.5, 0.6) is 0 Å². The molecule has 4 heterocycles. The minimum atomic E-state index is -0.375. The van der Waals surface area contributed by atoms with E-state index in [0.29, 0.717) is 53.5 Å². The van der Waals surface area contributed by atoms with Gasteiger partial charge < -0.3 is 4.90 Å². The largest absolute Gasteiger partial charge is 0.342 e. The summed E-state index contributed by atoms with van der Waals surface area (Å²) in [5, 5.41) is 7.95. The summed E-state index contributed by atoms with van der Waals surface area (Å²) in [7, 11) is 0. The van der Waals surface area contributed by atoms with Gasteiger partial charge in [0.2, 0.25) is 5.91 Å². The van der Waals surface area contributed by atoms with Crippen LogP contribution in [0.15, 0.2) is 24.5 Å². The van der Waals surface area contributed by atoms with Crippen molar-refractivity contribution in [1.29, 1.82) is 0 Å². The van der Waals surface area contributed by atoms with Crippen molar-refractivity contribution >= 4 is 16.9 Å². The van der Waals surface area contributed by atoms with Gasteiger partial charge in [-0.3, -0.25) is 9.89 Å². The standard InChI is InChI=1S/C24H29FN6O/c1-15-7-9-31(14-15)21(32)12-17-5-2-4-16(10-17)11-20-19(25)13-27-24(28-20)22-18-6-3-8-26-23(18)30-29-22/h3,6,8,13,15-17H,2,4-5,7,9-12,14H2,1H3,(H,26,29,30)/t15-,16?,17+/m0/s1. The molecule has 2 fully saturated rings. The molecule has 5 rings (SSSR count). The SMILES string of the molecule is C[C@H]1CCN(C(=O)C[C@@H]2CCCC(Cc3nc(-c4[nH]nc5ncccc45)ncc3F)C2)C1. The highest BCUT2D eigenvalue weighted by Gasteiger charge is 2.29. The van der Waals surface area contributed by atoms with Crippen LogP contribution in [0.2, 0.25) is 0 Å². The molecule has 0 aromatic carbocycles. The number of carbonyl (C=O) groups excluding carboxylic acids is 1. The first-order valence-corrected chi connectivity index (χ1v) is 11.7. The van der Waals surface area contributed by atoms with Gasteiger partial charge in [-0.05, 0) is 55.6 Å². The number of aromatic amines is 1. The number of halogens is 1. The van der Waals surface area contributed by atoms with Gasteiger partial charge in [0.05, 0.1) is 11.9 Å². The first-order valence-electron chi connectivity index (χ1n) is 11.7. The predicted octanol–water partition coefficient (Wildman–Crippen LogP) is 4.16. The van der Waals surface area contributed by atoms with Crippen LogP contribution in [0.1, 0.15) is 51.1 Å². The summed E-state index contributed by atoms with van der Waals surface area (Å²) in [6, 6.07) is 3.73. The third kappa shape index (κ3) is 4.36. The summed E-state index contributed by atoms with van der Waals surface area (Å²) < 4.78 is 14.6. The number of carbonyl (C=O) groups is 1. The van der Waals surface area contributed by atoms with E-state index in [9.17, 15) is 9.18 Å². The van der Waals surface area contributed by atoms with E-state index in [-0.39, 0.29) is 11.7 Å². The minimum Gasteiger partial charge on any atom is -0.342 e. The van der Waals surface area contributed by atoms with Crippen LogP contribution in [-0.2, 0) is 11.2 Å². The lowest BCUT2D eigenvalue weighted by Gasteiger charge is -2.30. The number of pyridine rings is 1. The molecule has 1 saturated carbocycles. The monoisotopic (exact) mass is 436 g/mol. The zero-order valence-electron chi connectivity index (χ0n) is 18.4. The van der Waals surface area contributed by atoms with Crippen molar-refractivity contribution in [2.75, 3.05) is 13.1 Å². The number of aromatic nitrogens is 5. The summed E-state index contributed by atoms with van der Waals surface area (Å²) >= 11 is 0. The van der Waals surface area contributed by atoms with Gasteiger partial charge in [-0.25, -0.2) is 19.3 Å². The molecule has 1 N–H and O–H groups in total. The van der Waals surface area contributed by atoms with Crippen LogP contribution in [0, 0.1) is 23.6 Å². The first-order chi connectivity index (χ1) is 15.6. The van der Waals surface area contributed by atoms with Gasteiger partial charge in [0.15, 0.2) is 17.3 Å². The molecule has 1 amide bonds. The van der Waals surface area contributed by atoms with Crippen LogP contribution in [0.4, 0.5) is 4.39 Å². The average Bonchev–Trinajstić information content (AvgIpc) is 3.42. The Labute approximate surface area is 186 Å². The average molecular weight is 437 g/mol. The third-order valence-corrected chi connectivity index (χ3v) is 6.98. The molecule has 0 bridgehead atoms. The molecule has 1 saturated heterocycles. The lowest BCUT2D eigenvalue weighted by atomic mass is 9.77. The Morgan fingerprint density at radius 3 is 2.97 bits per heavy atom. The number of H-pyrrole nitrogens is 1. The molecule has 1 aliphatic carbocycles. The molecular weight excluding hydrogens is 407 g/mol. The zero-order chi connectivity index (χ0) is 22.1. The topological polar surface area (TPSA) is 87.7 Å². The Kier molecular flexibility index (Phi) is 5.85. The molecule has 32 heavy (non-hydrogen) atoms. The van der Waals surface area contributed by atoms with Gasteiger partial charge in [0, 0.05) is 31.1 Å². The molecule has 3 aromatic heterocycles. The van der Waals surface area contributed by atoms with Gasteiger partial charge >= 0.3 is 0 Å². The maximum Gasteiger partial charge on any atom is 0.222 e. The maximum atomic E-state index is 14.6. The molecule has 2 aliphatic rings. The number of fused-ring (bicyclic) bond motifs is 1. The summed E-state index contributed by atoms with van der Waals surface area (Å²) in [6.45, 7) is 3.99. The number of nitrogens with zero attached hydrogens (tertiary/aromatic N) is 5. The lowest BCUT2D eigenvalue weighted by Crippen LogP contribution is -2.31. The van der Waals surface area contributed by atoms with E-state index in [2.05, 4.69) is 32.1 Å². The molecule has 0 radical (unpaired) electrons. The van der Waals surface area contributed by atoms with E-state index < -0.39 is 0 Å². The van der Waals surface area contributed by atoms with Crippen LogP contribution in [0.3, 0.4) is 0 Å². The fraction of sp³-hybridized carbons (Fsp3) is 0.542. The quantitative estimate of drug-likeness (QED) is 0.649. The van der Waals surface area contributed by atoms with Crippen molar-refractivity contribution in [3.05, 3.63) is 36.0 Å². The molecule has 1 unspecified atom stereocenters. The van der Waals surface area contributed by atoms with Gasteiger partial charge in [0.1, 0.15) is 5.69 Å². The number of nitrogens with one attached hydrogen (secondary N) is 1. The number of likely N-dealkylation sites (tertiary alicyclic amines) is 1. The molecule has 7 nitrogen and oxygen atoms in total. The van der Waals surface area contributed by atoms with Gasteiger partial charge in [-0.15, -0.1) is 0 Å². The summed E-state index contributed by atoms with van der Waals surface area (Å²) in [6.07, 6.45) is 9.37. The Morgan fingerprint density at radius 2 is 2.12 bits per heavy atom. The van der Waals surface area contributed by atoms with E-state index in [1.54, 1.807) is 6.20 Å². The Hall–Kier alpha value is -2.90. The molecule has 0 spiro atoms. The Morgan fingerprint density at radius 1 is 1.25 bits per heavy atom. The van der Waals surface area contributed by atoms with E-state index in [1.807, 2.05) is 17.0 Å². The molecule has 3 aromatic rings. The first kappa shape index (κ1) is 21.0. The second-order valence-electron chi connectivity index (χ2n) is 9.50. The van der Waals surface area contributed by atoms with E-state index >= 15 is 0 Å². The highest BCUT2D eigenvalue weighted by Crippen LogP contribution is 2.34. The Balaban J connectivity index is 1.27. The number of hydrogen-bond donors (Lipinski definition) is 1. The van der Waals surface area contributed by atoms with Crippen molar-refractivity contribution in [1.82, 2.24) is 30.0 Å². The van der Waals surface area contributed by atoms with Crippen LogP contribution >= 0.6 is 0 Å². The molecular formula is C24H29FN6O. The Bertz CT molecular complexity index is 1110. The summed E-state index contributed by atoms with van der Waals surface area (Å²) in [5.74, 6) is 1.66. The van der Waals surface area contributed by atoms with Crippen LogP contribution in [-0.4, -0.2) is 49.0 Å². The van der Waals surface area contributed by atoms with Crippen molar-refractivity contribution in [3.63, 3.8) is 0 Å². The number of hydrogen-bond acceptors (Lipinski definition) is 5. The molecule has 3 atom stereocenters. The number of amides is 1. The van der Waals surface area contributed by atoms with Crippen molar-refractivity contribution < 1.29 is 9.18 Å². The maximum absolute atomic E-state index is 14.6. The minimum absolute atomic E-state index is 0.287. The predicted molar refractivity (Wildman–Crippen MR) is 119 cm³/mol. The van der Waals surface area contributed by atoms with Crippen molar-refractivity contribution in [2.45, 2.75) is 51.9 Å². The summed E-state index contributed by atoms with van der Waals surface area (Å²) in [4.78, 5) is 27.7. The zero-order valence-corrected chi connectivity index (χ0v) is 18.4. The highest BCUT2D eigenvalue weighted by molar-refractivity contribution is 5.88. The van der Waals surface area contributed by atoms with Crippen molar-refractivity contribution in [3.8, 4) is 11.5 Å².